The molecule has 0 bridgehead atoms. The fraction of sp³-hybridized carbons (Fsp3) is 0.286. The minimum absolute atomic E-state index is 0.109. The van der Waals surface area contributed by atoms with Gasteiger partial charge in [-0.3, -0.25) is 0 Å². The molecule has 102 valence electrons. The van der Waals surface area contributed by atoms with Crippen LogP contribution in [0.2, 0.25) is 0 Å². The van der Waals surface area contributed by atoms with Crippen LogP contribution in [0.25, 0.3) is 10.8 Å². The first kappa shape index (κ1) is 14.2. The van der Waals surface area contributed by atoms with E-state index in [9.17, 15) is 8.42 Å². The molecule has 0 saturated carbocycles. The van der Waals surface area contributed by atoms with Crippen molar-refractivity contribution in [2.45, 2.75) is 31.3 Å². The Bertz CT molecular complexity index is 695. The molecule has 0 N–H and O–H groups in total. The monoisotopic (exact) mass is 298 g/mol. The molecule has 0 amide bonds. The molecule has 0 fully saturated rings. The lowest BCUT2D eigenvalue weighted by Gasteiger charge is -2.13. The van der Waals surface area contributed by atoms with Gasteiger partial charge in [0.1, 0.15) is 5.75 Å². The molecule has 0 aliphatic rings. The fourth-order valence-electron chi connectivity index (χ4n) is 1.74. The van der Waals surface area contributed by atoms with Gasteiger partial charge in [-0.25, -0.2) is 8.42 Å². The highest BCUT2D eigenvalue weighted by Gasteiger charge is 2.10. The van der Waals surface area contributed by atoms with Crippen LogP contribution >= 0.6 is 10.7 Å². The minimum Gasteiger partial charge on any atom is -0.491 e. The SMILES string of the molecule is CCC(C)Oc1ccc2cc(S(=O)(=O)Cl)ccc2c1. The summed E-state index contributed by atoms with van der Waals surface area (Å²) in [7, 11) is 1.64. The third-order valence-corrected chi connectivity index (χ3v) is 4.33. The van der Waals surface area contributed by atoms with Gasteiger partial charge in [0.05, 0.1) is 11.0 Å². The Morgan fingerprint density at radius 1 is 1.16 bits per heavy atom. The molecule has 1 atom stereocenters. The van der Waals surface area contributed by atoms with Crippen molar-refractivity contribution in [1.82, 2.24) is 0 Å². The summed E-state index contributed by atoms with van der Waals surface area (Å²) in [6.45, 7) is 4.07. The lowest BCUT2D eigenvalue weighted by molar-refractivity contribution is 0.218. The Kier molecular flexibility index (Phi) is 4.02. The molecule has 0 aromatic heterocycles. The second-order valence-electron chi connectivity index (χ2n) is 4.45. The van der Waals surface area contributed by atoms with Crippen LogP contribution in [-0.4, -0.2) is 14.5 Å². The Hall–Kier alpha value is -1.26. The number of rotatable bonds is 4. The van der Waals surface area contributed by atoms with E-state index >= 15 is 0 Å². The first-order chi connectivity index (χ1) is 8.90. The highest BCUT2D eigenvalue weighted by atomic mass is 35.7. The fourth-order valence-corrected chi connectivity index (χ4v) is 2.53. The molecular formula is C14H15ClO3S. The quantitative estimate of drug-likeness (QED) is 0.803. The molecule has 5 heteroatoms. The molecule has 0 heterocycles. The zero-order valence-electron chi connectivity index (χ0n) is 10.8. The lowest BCUT2D eigenvalue weighted by atomic mass is 10.1. The summed E-state index contributed by atoms with van der Waals surface area (Å²) in [6, 6.07) is 10.3. The maximum atomic E-state index is 11.3. The van der Waals surface area contributed by atoms with E-state index in [0.29, 0.717) is 0 Å². The van der Waals surface area contributed by atoms with Crippen LogP contribution in [0.3, 0.4) is 0 Å². The number of halogens is 1. The van der Waals surface area contributed by atoms with E-state index in [1.54, 1.807) is 12.1 Å². The van der Waals surface area contributed by atoms with Gasteiger partial charge in [-0.1, -0.05) is 19.1 Å². The molecule has 2 aromatic rings. The van der Waals surface area contributed by atoms with Crippen LogP contribution in [-0.2, 0) is 9.05 Å². The summed E-state index contributed by atoms with van der Waals surface area (Å²) in [4.78, 5) is 0.109. The molecule has 0 saturated heterocycles. The van der Waals surface area contributed by atoms with Crippen molar-refractivity contribution in [2.24, 2.45) is 0 Å². The topological polar surface area (TPSA) is 43.4 Å². The Balaban J connectivity index is 2.41. The van der Waals surface area contributed by atoms with Gasteiger partial charge >= 0.3 is 0 Å². The number of ether oxygens (including phenoxy) is 1. The van der Waals surface area contributed by atoms with Crippen LogP contribution in [0, 0.1) is 0 Å². The van der Waals surface area contributed by atoms with E-state index in [1.807, 2.05) is 25.1 Å². The van der Waals surface area contributed by atoms with Gasteiger partial charge in [-0.2, -0.15) is 0 Å². The summed E-state index contributed by atoms with van der Waals surface area (Å²) in [5.74, 6) is 0.781. The second kappa shape index (κ2) is 5.39. The summed E-state index contributed by atoms with van der Waals surface area (Å²) >= 11 is 0. The van der Waals surface area contributed by atoms with E-state index in [4.69, 9.17) is 15.4 Å². The number of hydrogen-bond donors (Lipinski definition) is 0. The zero-order valence-corrected chi connectivity index (χ0v) is 12.3. The molecule has 0 radical (unpaired) electrons. The smallest absolute Gasteiger partial charge is 0.261 e. The standard InChI is InChI=1S/C14H15ClO3S/c1-3-10(2)18-13-6-4-12-9-14(19(15,16)17)7-5-11(12)8-13/h4-10H,3H2,1-2H3. The average molecular weight is 299 g/mol. The van der Waals surface area contributed by atoms with Crippen molar-refractivity contribution in [1.29, 1.82) is 0 Å². The minimum atomic E-state index is -3.69. The Morgan fingerprint density at radius 2 is 1.79 bits per heavy atom. The van der Waals surface area contributed by atoms with Gasteiger partial charge in [0.2, 0.25) is 0 Å². The van der Waals surface area contributed by atoms with Gasteiger partial charge in [0, 0.05) is 10.7 Å². The first-order valence-corrected chi connectivity index (χ1v) is 8.36. The van der Waals surface area contributed by atoms with E-state index < -0.39 is 9.05 Å². The van der Waals surface area contributed by atoms with Crippen LogP contribution in [0.1, 0.15) is 20.3 Å². The largest absolute Gasteiger partial charge is 0.491 e. The van der Waals surface area contributed by atoms with Crippen LogP contribution < -0.4 is 4.74 Å². The van der Waals surface area contributed by atoms with Crippen molar-refractivity contribution in [3.05, 3.63) is 36.4 Å². The van der Waals surface area contributed by atoms with Crippen LogP contribution in [0.5, 0.6) is 5.75 Å². The average Bonchev–Trinajstić information content (AvgIpc) is 2.36. The molecule has 3 nitrogen and oxygen atoms in total. The number of benzene rings is 2. The highest BCUT2D eigenvalue weighted by molar-refractivity contribution is 8.13. The third kappa shape index (κ3) is 3.39. The Labute approximate surface area is 117 Å². The molecule has 0 aliphatic heterocycles. The number of hydrogen-bond acceptors (Lipinski definition) is 3. The van der Waals surface area contributed by atoms with Gasteiger partial charge in [-0.15, -0.1) is 0 Å². The van der Waals surface area contributed by atoms with Crippen molar-refractivity contribution >= 4 is 30.5 Å². The van der Waals surface area contributed by atoms with Crippen molar-refractivity contribution < 1.29 is 13.2 Å². The molecule has 2 aromatic carbocycles. The normalized spacial score (nSPS) is 13.4. The molecular weight excluding hydrogens is 284 g/mol. The van der Waals surface area contributed by atoms with E-state index in [-0.39, 0.29) is 11.0 Å². The van der Waals surface area contributed by atoms with Gasteiger partial charge in [-0.05, 0) is 48.4 Å². The predicted molar refractivity (Wildman–Crippen MR) is 77.4 cm³/mol. The maximum absolute atomic E-state index is 11.3. The van der Waals surface area contributed by atoms with Crippen molar-refractivity contribution in [2.75, 3.05) is 0 Å². The molecule has 19 heavy (non-hydrogen) atoms. The summed E-state index contributed by atoms with van der Waals surface area (Å²) in [5.41, 5.74) is 0. The maximum Gasteiger partial charge on any atom is 0.261 e. The summed E-state index contributed by atoms with van der Waals surface area (Å²) < 4.78 is 28.3. The summed E-state index contributed by atoms with van der Waals surface area (Å²) in [5, 5.41) is 1.74. The second-order valence-corrected chi connectivity index (χ2v) is 7.01. The predicted octanol–water partition coefficient (Wildman–Crippen LogP) is 3.94. The van der Waals surface area contributed by atoms with Gasteiger partial charge in [0.25, 0.3) is 9.05 Å². The molecule has 1 unspecified atom stereocenters. The van der Waals surface area contributed by atoms with Gasteiger partial charge < -0.3 is 4.74 Å². The summed E-state index contributed by atoms with van der Waals surface area (Å²) in [6.07, 6.45) is 1.08. The highest BCUT2D eigenvalue weighted by Crippen LogP contribution is 2.25. The number of fused-ring (bicyclic) bond motifs is 1. The molecule has 0 aliphatic carbocycles. The van der Waals surface area contributed by atoms with E-state index in [2.05, 4.69) is 6.92 Å². The first-order valence-electron chi connectivity index (χ1n) is 6.05. The van der Waals surface area contributed by atoms with E-state index in [1.165, 1.54) is 6.07 Å². The lowest BCUT2D eigenvalue weighted by Crippen LogP contribution is -2.09. The third-order valence-electron chi connectivity index (χ3n) is 2.98. The molecule has 2 rings (SSSR count). The van der Waals surface area contributed by atoms with Crippen LogP contribution in [0.4, 0.5) is 0 Å². The Morgan fingerprint density at radius 3 is 2.42 bits per heavy atom. The zero-order chi connectivity index (χ0) is 14.0. The van der Waals surface area contributed by atoms with E-state index in [0.717, 1.165) is 22.9 Å². The van der Waals surface area contributed by atoms with Crippen molar-refractivity contribution in [3.8, 4) is 5.75 Å². The molecule has 0 spiro atoms. The van der Waals surface area contributed by atoms with Gasteiger partial charge in [0.15, 0.2) is 0 Å². The van der Waals surface area contributed by atoms with Crippen molar-refractivity contribution in [3.63, 3.8) is 0 Å². The van der Waals surface area contributed by atoms with Crippen LogP contribution in [0.15, 0.2) is 41.3 Å².